The fourth-order valence-corrected chi connectivity index (χ4v) is 1.54. The van der Waals surface area contributed by atoms with E-state index in [9.17, 15) is 0 Å². The maximum Gasteiger partial charge on any atom is 0.0831 e. The highest BCUT2D eigenvalue weighted by Crippen LogP contribution is 2.02. The first kappa shape index (κ1) is 11.8. The number of aromatic nitrogens is 3. The minimum Gasteiger partial charge on any atom is -0.310 e. The zero-order valence-corrected chi connectivity index (χ0v) is 10.3. The van der Waals surface area contributed by atoms with Gasteiger partial charge in [-0.15, -0.1) is 0 Å². The first-order valence-corrected chi connectivity index (χ1v) is 5.88. The maximum absolute atomic E-state index is 4.43. The highest BCUT2D eigenvalue weighted by molar-refractivity contribution is 5.14. The van der Waals surface area contributed by atoms with Crippen LogP contribution in [0.4, 0.5) is 0 Å². The Labute approximate surface area is 102 Å². The minimum absolute atomic E-state index is 0.499. The third-order valence-corrected chi connectivity index (χ3v) is 2.48. The third-order valence-electron chi connectivity index (χ3n) is 2.48. The molecule has 0 unspecified atom stereocenters. The van der Waals surface area contributed by atoms with Gasteiger partial charge in [0.15, 0.2) is 0 Å². The second kappa shape index (κ2) is 5.59. The molecule has 17 heavy (non-hydrogen) atoms. The van der Waals surface area contributed by atoms with Crippen molar-refractivity contribution in [2.75, 3.05) is 0 Å². The van der Waals surface area contributed by atoms with Gasteiger partial charge in [0.1, 0.15) is 0 Å². The van der Waals surface area contributed by atoms with Crippen molar-refractivity contribution in [3.63, 3.8) is 0 Å². The molecule has 2 heterocycles. The molecule has 1 N–H and O–H groups in total. The largest absolute Gasteiger partial charge is 0.310 e. The summed E-state index contributed by atoms with van der Waals surface area (Å²) in [6.07, 6.45) is 5.64. The fourth-order valence-electron chi connectivity index (χ4n) is 1.54. The van der Waals surface area contributed by atoms with Gasteiger partial charge in [0.05, 0.1) is 12.2 Å². The summed E-state index contributed by atoms with van der Waals surface area (Å²) in [6, 6.07) is 6.58. The van der Waals surface area contributed by atoms with Crippen LogP contribution in [0.3, 0.4) is 0 Å². The molecule has 0 saturated carbocycles. The number of rotatable bonds is 5. The van der Waals surface area contributed by atoms with Crippen LogP contribution >= 0.6 is 0 Å². The lowest BCUT2D eigenvalue weighted by Gasteiger charge is -2.08. The summed E-state index contributed by atoms with van der Waals surface area (Å²) in [7, 11) is 0. The van der Waals surface area contributed by atoms with Crippen LogP contribution < -0.4 is 5.32 Å². The van der Waals surface area contributed by atoms with E-state index in [-0.39, 0.29) is 0 Å². The van der Waals surface area contributed by atoms with Crippen molar-refractivity contribution < 1.29 is 0 Å². The van der Waals surface area contributed by atoms with Gasteiger partial charge in [-0.1, -0.05) is 19.9 Å². The Morgan fingerprint density at radius 1 is 1.35 bits per heavy atom. The van der Waals surface area contributed by atoms with Gasteiger partial charge in [-0.25, -0.2) is 0 Å². The smallest absolute Gasteiger partial charge is 0.0831 e. The average molecular weight is 230 g/mol. The molecule has 0 saturated heterocycles. The molecule has 0 bridgehead atoms. The fraction of sp³-hybridized carbons (Fsp3) is 0.385. The summed E-state index contributed by atoms with van der Waals surface area (Å²) >= 11 is 0. The van der Waals surface area contributed by atoms with Crippen molar-refractivity contribution in [1.82, 2.24) is 20.1 Å². The molecule has 0 aliphatic carbocycles. The average Bonchev–Trinajstić information content (AvgIpc) is 2.81. The third kappa shape index (κ3) is 3.67. The van der Waals surface area contributed by atoms with Crippen LogP contribution in [-0.2, 0) is 13.1 Å². The monoisotopic (exact) mass is 230 g/mol. The van der Waals surface area contributed by atoms with Gasteiger partial charge in [-0.3, -0.25) is 9.67 Å². The van der Waals surface area contributed by atoms with Crippen molar-refractivity contribution >= 4 is 0 Å². The van der Waals surface area contributed by atoms with Gasteiger partial charge in [0.2, 0.25) is 0 Å². The summed E-state index contributed by atoms with van der Waals surface area (Å²) in [5.41, 5.74) is 2.24. The van der Waals surface area contributed by atoms with Gasteiger partial charge >= 0.3 is 0 Å². The first-order chi connectivity index (χ1) is 8.24. The van der Waals surface area contributed by atoms with E-state index in [1.807, 2.05) is 23.1 Å². The van der Waals surface area contributed by atoms with Gasteiger partial charge in [0.25, 0.3) is 0 Å². The lowest BCUT2D eigenvalue weighted by atomic mass is 10.2. The van der Waals surface area contributed by atoms with Gasteiger partial charge < -0.3 is 5.32 Å². The predicted octanol–water partition coefficient (Wildman–Crippen LogP) is 1.82. The summed E-state index contributed by atoms with van der Waals surface area (Å²) in [4.78, 5) is 4.43. The van der Waals surface area contributed by atoms with Crippen LogP contribution in [0.5, 0.6) is 0 Å². The maximum atomic E-state index is 4.43. The molecular weight excluding hydrogens is 212 g/mol. The molecular formula is C13H18N4. The zero-order valence-electron chi connectivity index (χ0n) is 10.3. The van der Waals surface area contributed by atoms with Crippen molar-refractivity contribution in [3.05, 3.63) is 48.0 Å². The van der Waals surface area contributed by atoms with Crippen molar-refractivity contribution in [2.24, 2.45) is 0 Å². The van der Waals surface area contributed by atoms with Crippen molar-refractivity contribution in [2.45, 2.75) is 33.0 Å². The van der Waals surface area contributed by atoms with Crippen LogP contribution in [0.2, 0.25) is 0 Å². The van der Waals surface area contributed by atoms with Gasteiger partial charge in [-0.2, -0.15) is 5.10 Å². The summed E-state index contributed by atoms with van der Waals surface area (Å²) < 4.78 is 1.87. The molecule has 90 valence electrons. The molecule has 2 aromatic rings. The zero-order chi connectivity index (χ0) is 12.1. The molecule has 0 aliphatic rings. The molecule has 4 nitrogen and oxygen atoms in total. The number of pyridine rings is 1. The SMILES string of the molecule is CC(C)NCc1ccc(Cn2cccn2)nc1. The highest BCUT2D eigenvalue weighted by Gasteiger charge is 1.99. The molecule has 2 rings (SSSR count). The van der Waals surface area contributed by atoms with E-state index in [2.05, 4.69) is 41.4 Å². The van der Waals surface area contributed by atoms with E-state index in [4.69, 9.17) is 0 Å². The van der Waals surface area contributed by atoms with Crippen molar-refractivity contribution in [3.8, 4) is 0 Å². The number of nitrogens with zero attached hydrogens (tertiary/aromatic N) is 3. The van der Waals surface area contributed by atoms with E-state index in [0.717, 1.165) is 18.8 Å². The van der Waals surface area contributed by atoms with E-state index < -0.39 is 0 Å². The first-order valence-electron chi connectivity index (χ1n) is 5.88. The second-order valence-electron chi connectivity index (χ2n) is 4.40. The number of hydrogen-bond donors (Lipinski definition) is 1. The Morgan fingerprint density at radius 3 is 2.82 bits per heavy atom. The molecule has 0 radical (unpaired) electrons. The second-order valence-corrected chi connectivity index (χ2v) is 4.40. The van der Waals surface area contributed by atoms with Crippen LogP contribution in [0.25, 0.3) is 0 Å². The quantitative estimate of drug-likeness (QED) is 0.852. The van der Waals surface area contributed by atoms with Crippen LogP contribution in [-0.4, -0.2) is 20.8 Å². The Bertz CT molecular complexity index is 431. The van der Waals surface area contributed by atoms with Crippen LogP contribution in [0.15, 0.2) is 36.8 Å². The topological polar surface area (TPSA) is 42.7 Å². The summed E-state index contributed by atoms with van der Waals surface area (Å²) in [5, 5.41) is 7.53. The van der Waals surface area contributed by atoms with Crippen LogP contribution in [0.1, 0.15) is 25.1 Å². The molecule has 0 aromatic carbocycles. The van der Waals surface area contributed by atoms with Gasteiger partial charge in [-0.05, 0) is 17.7 Å². The van der Waals surface area contributed by atoms with E-state index in [0.29, 0.717) is 6.04 Å². The highest BCUT2D eigenvalue weighted by atomic mass is 15.3. The minimum atomic E-state index is 0.499. The standard InChI is InChI=1S/C13H18N4/c1-11(2)14-8-12-4-5-13(15-9-12)10-17-7-3-6-16-17/h3-7,9,11,14H,8,10H2,1-2H3. The van der Waals surface area contributed by atoms with E-state index >= 15 is 0 Å². The number of hydrogen-bond acceptors (Lipinski definition) is 3. The molecule has 4 heteroatoms. The Kier molecular flexibility index (Phi) is 3.88. The molecule has 0 amide bonds. The molecule has 0 fully saturated rings. The summed E-state index contributed by atoms with van der Waals surface area (Å²) in [6.45, 7) is 5.87. The Balaban J connectivity index is 1.93. The molecule has 0 aliphatic heterocycles. The summed E-state index contributed by atoms with van der Waals surface area (Å²) in [5.74, 6) is 0. The molecule has 0 spiro atoms. The Morgan fingerprint density at radius 2 is 2.24 bits per heavy atom. The predicted molar refractivity (Wildman–Crippen MR) is 67.5 cm³/mol. The Hall–Kier alpha value is -1.68. The lowest BCUT2D eigenvalue weighted by Crippen LogP contribution is -2.21. The van der Waals surface area contributed by atoms with Crippen molar-refractivity contribution in [1.29, 1.82) is 0 Å². The van der Waals surface area contributed by atoms with Gasteiger partial charge in [0, 0.05) is 31.2 Å². The van der Waals surface area contributed by atoms with Crippen LogP contribution in [0, 0.1) is 0 Å². The molecule has 2 aromatic heterocycles. The lowest BCUT2D eigenvalue weighted by molar-refractivity contribution is 0.587. The van der Waals surface area contributed by atoms with E-state index in [1.54, 1.807) is 6.20 Å². The van der Waals surface area contributed by atoms with E-state index in [1.165, 1.54) is 5.56 Å². The number of nitrogens with one attached hydrogen (secondary N) is 1. The normalized spacial score (nSPS) is 11.0. The molecule has 0 atom stereocenters.